The first kappa shape index (κ1) is 12.7. The Hall–Kier alpha value is -1.77. The number of imidazole rings is 1. The zero-order valence-corrected chi connectivity index (χ0v) is 11.4. The Labute approximate surface area is 109 Å². The molecule has 0 saturated carbocycles. The number of benzene rings is 1. The van der Waals surface area contributed by atoms with E-state index in [4.69, 9.17) is 10.7 Å². The Morgan fingerprint density at radius 2 is 1.78 bits per heavy atom. The molecule has 2 N–H and O–H groups in total. The highest BCUT2D eigenvalue weighted by atomic mass is 15.1. The van der Waals surface area contributed by atoms with Gasteiger partial charge >= 0.3 is 0 Å². The van der Waals surface area contributed by atoms with Crippen LogP contribution in [0.5, 0.6) is 0 Å². The van der Waals surface area contributed by atoms with E-state index in [2.05, 4.69) is 26.0 Å². The summed E-state index contributed by atoms with van der Waals surface area (Å²) in [6.07, 6.45) is 2.15. The van der Waals surface area contributed by atoms with E-state index in [1.54, 1.807) is 0 Å². The number of nitrogens with two attached hydrogens (primary N) is 1. The van der Waals surface area contributed by atoms with Crippen LogP contribution in [0.25, 0.3) is 11.4 Å². The lowest BCUT2D eigenvalue weighted by Gasteiger charge is -2.09. The van der Waals surface area contributed by atoms with Gasteiger partial charge in [0.2, 0.25) is 0 Å². The van der Waals surface area contributed by atoms with Crippen LogP contribution in [-0.4, -0.2) is 9.55 Å². The maximum Gasteiger partial charge on any atom is 0.141 e. The average Bonchev–Trinajstić information content (AvgIpc) is 2.70. The fraction of sp³-hybridized carbons (Fsp3) is 0.400. The Kier molecular flexibility index (Phi) is 3.70. The Bertz CT molecular complexity index is 510. The highest BCUT2D eigenvalue weighted by molar-refractivity contribution is 5.60. The molecule has 1 aromatic heterocycles. The van der Waals surface area contributed by atoms with E-state index in [-0.39, 0.29) is 0 Å². The average molecular weight is 243 g/mol. The van der Waals surface area contributed by atoms with Gasteiger partial charge in [0.05, 0.1) is 5.69 Å². The van der Waals surface area contributed by atoms with Crippen LogP contribution in [0.3, 0.4) is 0 Å². The summed E-state index contributed by atoms with van der Waals surface area (Å²) >= 11 is 0. The molecule has 18 heavy (non-hydrogen) atoms. The fourth-order valence-corrected chi connectivity index (χ4v) is 2.35. The highest BCUT2D eigenvalue weighted by Crippen LogP contribution is 2.31. The van der Waals surface area contributed by atoms with Gasteiger partial charge in [-0.25, -0.2) is 4.98 Å². The van der Waals surface area contributed by atoms with Gasteiger partial charge in [-0.15, -0.1) is 0 Å². The maximum atomic E-state index is 6.19. The number of nitrogens with zero attached hydrogens (tertiary/aromatic N) is 2. The van der Waals surface area contributed by atoms with Crippen molar-refractivity contribution in [3.8, 4) is 11.4 Å². The number of anilines is 1. The topological polar surface area (TPSA) is 43.8 Å². The molecule has 0 spiro atoms. The lowest BCUT2D eigenvalue weighted by Crippen LogP contribution is -2.03. The van der Waals surface area contributed by atoms with E-state index in [1.165, 1.54) is 0 Å². The molecule has 0 unspecified atom stereocenters. The van der Waals surface area contributed by atoms with E-state index in [9.17, 15) is 0 Å². The van der Waals surface area contributed by atoms with Crippen molar-refractivity contribution in [2.75, 3.05) is 5.73 Å². The van der Waals surface area contributed by atoms with Crippen molar-refractivity contribution in [2.24, 2.45) is 7.05 Å². The molecule has 0 radical (unpaired) electrons. The second-order valence-corrected chi connectivity index (χ2v) is 4.64. The lowest BCUT2D eigenvalue weighted by molar-refractivity contribution is 0.628. The molecule has 0 aliphatic heterocycles. The largest absolute Gasteiger partial charge is 0.384 e. The van der Waals surface area contributed by atoms with Gasteiger partial charge in [0.1, 0.15) is 11.6 Å². The van der Waals surface area contributed by atoms with E-state index >= 15 is 0 Å². The summed E-state index contributed by atoms with van der Waals surface area (Å²) in [7, 11) is 1.98. The molecule has 96 valence electrons. The van der Waals surface area contributed by atoms with E-state index in [1.807, 2.05) is 29.8 Å². The molecule has 0 fully saturated rings. The van der Waals surface area contributed by atoms with Crippen molar-refractivity contribution in [1.82, 2.24) is 9.55 Å². The van der Waals surface area contributed by atoms with E-state index in [0.29, 0.717) is 5.92 Å². The van der Waals surface area contributed by atoms with Crippen LogP contribution >= 0.6 is 0 Å². The van der Waals surface area contributed by atoms with Gasteiger partial charge in [0, 0.05) is 18.5 Å². The van der Waals surface area contributed by atoms with Crippen molar-refractivity contribution >= 4 is 5.82 Å². The molecule has 1 aromatic carbocycles. The van der Waals surface area contributed by atoms with Gasteiger partial charge in [-0.1, -0.05) is 44.2 Å². The zero-order chi connectivity index (χ0) is 13.1. The number of hydrogen-bond donors (Lipinski definition) is 1. The SMILES string of the molecule is CCC(CC)c1nc(-c2ccccc2)n(C)c1N. The molecular formula is C15H21N3. The molecule has 0 saturated heterocycles. The summed E-state index contributed by atoms with van der Waals surface area (Å²) in [6, 6.07) is 10.2. The van der Waals surface area contributed by atoms with E-state index in [0.717, 1.165) is 35.7 Å². The second-order valence-electron chi connectivity index (χ2n) is 4.64. The highest BCUT2D eigenvalue weighted by Gasteiger charge is 2.19. The summed E-state index contributed by atoms with van der Waals surface area (Å²) in [6.45, 7) is 4.37. The fourth-order valence-electron chi connectivity index (χ4n) is 2.35. The molecule has 1 heterocycles. The summed E-state index contributed by atoms with van der Waals surface area (Å²) in [4.78, 5) is 4.76. The van der Waals surface area contributed by atoms with Crippen molar-refractivity contribution < 1.29 is 0 Å². The predicted molar refractivity (Wildman–Crippen MR) is 76.4 cm³/mol. The first-order valence-electron chi connectivity index (χ1n) is 6.56. The zero-order valence-electron chi connectivity index (χ0n) is 11.4. The van der Waals surface area contributed by atoms with Gasteiger partial charge in [-0.05, 0) is 12.8 Å². The molecule has 2 rings (SSSR count). The summed E-state index contributed by atoms with van der Waals surface area (Å²) in [5.41, 5.74) is 8.35. The molecule has 0 aliphatic carbocycles. The lowest BCUT2D eigenvalue weighted by atomic mass is 9.99. The van der Waals surface area contributed by atoms with Gasteiger partial charge in [-0.2, -0.15) is 0 Å². The molecule has 3 nitrogen and oxygen atoms in total. The van der Waals surface area contributed by atoms with Crippen LogP contribution in [0, 0.1) is 0 Å². The molecule has 0 aliphatic rings. The van der Waals surface area contributed by atoms with Crippen LogP contribution in [-0.2, 0) is 7.05 Å². The van der Waals surface area contributed by atoms with Crippen LogP contribution in [0.4, 0.5) is 5.82 Å². The first-order chi connectivity index (χ1) is 8.69. The van der Waals surface area contributed by atoms with Gasteiger partial charge in [0.15, 0.2) is 0 Å². The molecule has 2 aromatic rings. The third-order valence-electron chi connectivity index (χ3n) is 3.57. The van der Waals surface area contributed by atoms with E-state index < -0.39 is 0 Å². The first-order valence-corrected chi connectivity index (χ1v) is 6.56. The van der Waals surface area contributed by atoms with Crippen molar-refractivity contribution in [3.63, 3.8) is 0 Å². The third kappa shape index (κ3) is 2.13. The Morgan fingerprint density at radius 1 is 1.17 bits per heavy atom. The maximum absolute atomic E-state index is 6.19. The molecule has 3 heteroatoms. The molecule has 0 atom stereocenters. The molecular weight excluding hydrogens is 222 g/mol. The van der Waals surface area contributed by atoms with Crippen LogP contribution in [0.15, 0.2) is 30.3 Å². The minimum atomic E-state index is 0.452. The van der Waals surface area contributed by atoms with Crippen molar-refractivity contribution in [3.05, 3.63) is 36.0 Å². The second kappa shape index (κ2) is 5.25. The summed E-state index contributed by atoms with van der Waals surface area (Å²) < 4.78 is 1.99. The molecule has 0 bridgehead atoms. The number of hydrogen-bond acceptors (Lipinski definition) is 2. The minimum Gasteiger partial charge on any atom is -0.384 e. The number of rotatable bonds is 4. The van der Waals surface area contributed by atoms with Gasteiger partial charge in [-0.3, -0.25) is 0 Å². The summed E-state index contributed by atoms with van der Waals surface area (Å²) in [5.74, 6) is 2.20. The van der Waals surface area contributed by atoms with Gasteiger partial charge in [0.25, 0.3) is 0 Å². The minimum absolute atomic E-state index is 0.452. The monoisotopic (exact) mass is 243 g/mol. The quantitative estimate of drug-likeness (QED) is 0.892. The van der Waals surface area contributed by atoms with Crippen molar-refractivity contribution in [1.29, 1.82) is 0 Å². The van der Waals surface area contributed by atoms with Crippen LogP contribution in [0.1, 0.15) is 38.3 Å². The Balaban J connectivity index is 2.49. The normalized spacial score (nSPS) is 11.1. The Morgan fingerprint density at radius 3 is 2.33 bits per heavy atom. The third-order valence-corrected chi connectivity index (χ3v) is 3.57. The number of aromatic nitrogens is 2. The molecule has 0 amide bonds. The standard InChI is InChI=1S/C15H21N3/c1-4-11(5-2)13-14(16)18(3)15(17-13)12-9-7-6-8-10-12/h6-11H,4-5,16H2,1-3H3. The van der Waals surface area contributed by atoms with Gasteiger partial charge < -0.3 is 10.3 Å². The predicted octanol–water partition coefficient (Wildman–Crippen LogP) is 3.57. The number of nitrogen functional groups attached to an aromatic ring is 1. The van der Waals surface area contributed by atoms with Crippen LogP contribution in [0.2, 0.25) is 0 Å². The van der Waals surface area contributed by atoms with Crippen molar-refractivity contribution in [2.45, 2.75) is 32.6 Å². The smallest absolute Gasteiger partial charge is 0.141 e. The summed E-state index contributed by atoms with van der Waals surface area (Å²) in [5, 5.41) is 0. The van der Waals surface area contributed by atoms with Crippen LogP contribution < -0.4 is 5.73 Å².